The molecule has 3 amide bonds. The lowest BCUT2D eigenvalue weighted by atomic mass is 10.0. The zero-order valence-electron chi connectivity index (χ0n) is 21.2. The van der Waals surface area contributed by atoms with Crippen molar-refractivity contribution >= 4 is 29.7 Å². The smallest absolute Gasteiger partial charge is 0.326 e. The number of unbranched alkanes of at least 4 members (excludes halogenated alkanes) is 1. The van der Waals surface area contributed by atoms with Crippen LogP contribution >= 0.6 is 0 Å². The topological polar surface area (TPSA) is 243 Å². The van der Waals surface area contributed by atoms with Crippen molar-refractivity contribution in [3.05, 3.63) is 18.2 Å². The number of aliphatic carboxylic acids is 2. The molecule has 0 bridgehead atoms. The summed E-state index contributed by atoms with van der Waals surface area (Å²) < 4.78 is 0. The molecule has 4 unspecified atom stereocenters. The van der Waals surface area contributed by atoms with Crippen molar-refractivity contribution in [3.63, 3.8) is 0 Å². The van der Waals surface area contributed by atoms with E-state index < -0.39 is 60.2 Å². The number of nitrogens with zero attached hydrogens (tertiary/aromatic N) is 1. The van der Waals surface area contributed by atoms with Gasteiger partial charge in [0.1, 0.15) is 18.1 Å². The Kier molecular flexibility index (Phi) is 13.9. The summed E-state index contributed by atoms with van der Waals surface area (Å²) >= 11 is 0. The highest BCUT2D eigenvalue weighted by Gasteiger charge is 2.31. The van der Waals surface area contributed by atoms with Crippen molar-refractivity contribution < 1.29 is 34.2 Å². The standard InChI is InChI=1S/C23H39N7O7/c1-13(2)9-18(22(35)29-17(23(36)37)5-3-4-8-24)30-21(34)16(6-7-19(31)32)28-20(33)15(25)10-14-11-26-12-27-14/h11-13,15-18H,3-10,24-25H2,1-2H3,(H,26,27)(H,28,33)(H,29,35)(H,30,34)(H,31,32)(H,36,37). The number of carboxylic acids is 2. The van der Waals surface area contributed by atoms with Crippen LogP contribution in [0.2, 0.25) is 0 Å². The third-order valence-corrected chi connectivity index (χ3v) is 5.51. The number of hydrogen-bond acceptors (Lipinski definition) is 8. The number of imidazole rings is 1. The van der Waals surface area contributed by atoms with Crippen LogP contribution in [0.1, 0.15) is 58.1 Å². The molecule has 1 rings (SSSR count). The fourth-order valence-corrected chi connectivity index (χ4v) is 3.54. The van der Waals surface area contributed by atoms with Crippen LogP contribution in [0.5, 0.6) is 0 Å². The van der Waals surface area contributed by atoms with E-state index >= 15 is 0 Å². The van der Waals surface area contributed by atoms with Crippen molar-refractivity contribution in [3.8, 4) is 0 Å². The quantitative estimate of drug-likeness (QED) is 0.107. The molecule has 0 radical (unpaired) electrons. The van der Waals surface area contributed by atoms with Crippen LogP contribution in [-0.2, 0) is 30.4 Å². The van der Waals surface area contributed by atoms with Gasteiger partial charge in [-0.3, -0.25) is 19.2 Å². The second-order valence-corrected chi connectivity index (χ2v) is 9.26. The molecule has 208 valence electrons. The van der Waals surface area contributed by atoms with Gasteiger partial charge >= 0.3 is 11.9 Å². The summed E-state index contributed by atoms with van der Waals surface area (Å²) in [5.41, 5.74) is 12.0. The van der Waals surface area contributed by atoms with Gasteiger partial charge in [0.05, 0.1) is 12.4 Å². The molecular formula is C23H39N7O7. The van der Waals surface area contributed by atoms with E-state index in [1.165, 1.54) is 12.5 Å². The van der Waals surface area contributed by atoms with Crippen LogP contribution < -0.4 is 27.4 Å². The van der Waals surface area contributed by atoms with Gasteiger partial charge in [-0.1, -0.05) is 13.8 Å². The average Bonchev–Trinajstić information content (AvgIpc) is 3.32. The summed E-state index contributed by atoms with van der Waals surface area (Å²) in [6.07, 6.45) is 3.83. The minimum atomic E-state index is -1.28. The average molecular weight is 526 g/mol. The Hall–Kier alpha value is -3.52. The van der Waals surface area contributed by atoms with Crippen LogP contribution in [0.25, 0.3) is 0 Å². The van der Waals surface area contributed by atoms with Gasteiger partial charge in [0.25, 0.3) is 0 Å². The fraction of sp³-hybridized carbons (Fsp3) is 0.652. The number of H-pyrrole nitrogens is 1. The molecule has 1 aromatic heterocycles. The predicted octanol–water partition coefficient (Wildman–Crippen LogP) is -1.14. The molecule has 37 heavy (non-hydrogen) atoms. The Morgan fingerprint density at radius 2 is 1.57 bits per heavy atom. The predicted molar refractivity (Wildman–Crippen MR) is 133 cm³/mol. The zero-order chi connectivity index (χ0) is 28.0. The molecule has 0 saturated heterocycles. The lowest BCUT2D eigenvalue weighted by molar-refractivity contribution is -0.142. The number of amides is 3. The Bertz CT molecular complexity index is 892. The summed E-state index contributed by atoms with van der Waals surface area (Å²) in [6.45, 7) is 4.03. The van der Waals surface area contributed by atoms with Crippen molar-refractivity contribution in [1.29, 1.82) is 0 Å². The largest absolute Gasteiger partial charge is 0.481 e. The number of aromatic nitrogens is 2. The van der Waals surface area contributed by atoms with Crippen molar-refractivity contribution in [1.82, 2.24) is 25.9 Å². The van der Waals surface area contributed by atoms with Gasteiger partial charge in [-0.15, -0.1) is 0 Å². The Morgan fingerprint density at radius 3 is 2.11 bits per heavy atom. The van der Waals surface area contributed by atoms with Crippen LogP contribution in [0.4, 0.5) is 0 Å². The summed E-state index contributed by atoms with van der Waals surface area (Å²) in [5, 5.41) is 26.0. The van der Waals surface area contributed by atoms with Crippen LogP contribution in [0, 0.1) is 5.92 Å². The van der Waals surface area contributed by atoms with Gasteiger partial charge in [-0.05, 0) is 44.6 Å². The number of carboxylic acid groups (broad SMARTS) is 2. The molecule has 1 aromatic rings. The Labute approximate surface area is 215 Å². The highest BCUT2D eigenvalue weighted by molar-refractivity contribution is 5.94. The minimum Gasteiger partial charge on any atom is -0.481 e. The monoisotopic (exact) mass is 525 g/mol. The normalized spacial score (nSPS) is 14.3. The van der Waals surface area contributed by atoms with E-state index in [0.29, 0.717) is 25.1 Å². The molecule has 0 aromatic carbocycles. The van der Waals surface area contributed by atoms with Gasteiger partial charge in [0.15, 0.2) is 0 Å². The summed E-state index contributed by atoms with van der Waals surface area (Å²) in [6, 6.07) is -4.58. The number of nitrogens with one attached hydrogen (secondary N) is 4. The first-order valence-corrected chi connectivity index (χ1v) is 12.2. The Morgan fingerprint density at radius 1 is 0.946 bits per heavy atom. The number of aromatic amines is 1. The van der Waals surface area contributed by atoms with Crippen LogP contribution in [0.3, 0.4) is 0 Å². The first kappa shape index (κ1) is 31.5. The number of carbonyl (C=O) groups excluding carboxylic acids is 3. The van der Waals surface area contributed by atoms with Crippen molar-refractivity contribution in [2.45, 2.75) is 83.0 Å². The molecule has 0 saturated carbocycles. The maximum Gasteiger partial charge on any atom is 0.326 e. The first-order valence-electron chi connectivity index (χ1n) is 12.2. The molecule has 0 spiro atoms. The number of rotatable bonds is 18. The van der Waals surface area contributed by atoms with E-state index in [-0.39, 0.29) is 31.6 Å². The number of hydrogen-bond donors (Lipinski definition) is 8. The van der Waals surface area contributed by atoms with E-state index in [2.05, 4.69) is 25.9 Å². The summed E-state index contributed by atoms with van der Waals surface area (Å²) in [7, 11) is 0. The van der Waals surface area contributed by atoms with Crippen molar-refractivity contribution in [2.75, 3.05) is 6.54 Å². The van der Waals surface area contributed by atoms with E-state index in [9.17, 15) is 29.1 Å². The van der Waals surface area contributed by atoms with Crippen molar-refractivity contribution in [2.24, 2.45) is 17.4 Å². The van der Waals surface area contributed by atoms with Gasteiger partial charge in [0, 0.05) is 24.7 Å². The van der Waals surface area contributed by atoms with E-state index in [1.54, 1.807) is 0 Å². The molecule has 0 aliphatic carbocycles. The second-order valence-electron chi connectivity index (χ2n) is 9.26. The highest BCUT2D eigenvalue weighted by atomic mass is 16.4. The fourth-order valence-electron chi connectivity index (χ4n) is 3.54. The molecule has 14 heteroatoms. The van der Waals surface area contributed by atoms with Crippen LogP contribution in [-0.4, -0.2) is 80.6 Å². The van der Waals surface area contributed by atoms with Crippen LogP contribution in [0.15, 0.2) is 12.5 Å². The molecular weight excluding hydrogens is 486 g/mol. The first-order chi connectivity index (χ1) is 17.4. The maximum absolute atomic E-state index is 13.1. The van der Waals surface area contributed by atoms with Gasteiger partial charge < -0.3 is 42.6 Å². The van der Waals surface area contributed by atoms with Gasteiger partial charge in [0.2, 0.25) is 17.7 Å². The SMILES string of the molecule is CC(C)CC(NC(=O)C(CCC(=O)O)NC(=O)C(N)Cc1cnc[nH]1)C(=O)NC(CCCCN)C(=O)O. The molecule has 14 nitrogen and oxygen atoms in total. The molecule has 4 atom stereocenters. The third-order valence-electron chi connectivity index (χ3n) is 5.51. The highest BCUT2D eigenvalue weighted by Crippen LogP contribution is 2.09. The Balaban J connectivity index is 2.95. The minimum absolute atomic E-state index is 0.0496. The zero-order valence-corrected chi connectivity index (χ0v) is 21.2. The van der Waals surface area contributed by atoms with E-state index in [1.807, 2.05) is 13.8 Å². The molecule has 10 N–H and O–H groups in total. The lowest BCUT2D eigenvalue weighted by Crippen LogP contribution is -2.57. The number of nitrogens with two attached hydrogens (primary N) is 2. The van der Waals surface area contributed by atoms with E-state index in [0.717, 1.165) is 0 Å². The summed E-state index contributed by atoms with van der Waals surface area (Å²) in [5.74, 6) is -4.59. The number of carbonyl (C=O) groups is 5. The molecule has 0 fully saturated rings. The van der Waals surface area contributed by atoms with Gasteiger partial charge in [-0.2, -0.15) is 0 Å². The molecule has 0 aliphatic heterocycles. The maximum atomic E-state index is 13.1. The summed E-state index contributed by atoms with van der Waals surface area (Å²) in [4.78, 5) is 68.0. The van der Waals surface area contributed by atoms with Gasteiger partial charge in [-0.25, -0.2) is 9.78 Å². The third kappa shape index (κ3) is 12.3. The second kappa shape index (κ2) is 16.3. The molecule has 0 aliphatic rings. The van der Waals surface area contributed by atoms with E-state index in [4.69, 9.17) is 16.6 Å². The lowest BCUT2D eigenvalue weighted by Gasteiger charge is -2.26. The molecule has 1 heterocycles.